The number of pyridine rings is 1. The Labute approximate surface area is 173 Å². The fraction of sp³-hybridized carbons (Fsp3) is 0.0417. The molecule has 4 rings (SSSR count). The summed E-state index contributed by atoms with van der Waals surface area (Å²) in [5.74, 6) is 0.0140. The summed E-state index contributed by atoms with van der Waals surface area (Å²) in [6, 6.07) is 23.0. The van der Waals surface area contributed by atoms with E-state index in [1.807, 2.05) is 42.5 Å². The molecule has 1 heterocycles. The predicted octanol–water partition coefficient (Wildman–Crippen LogP) is 4.75. The van der Waals surface area contributed by atoms with E-state index in [-0.39, 0.29) is 11.8 Å². The number of hydrogen-bond donors (Lipinski definition) is 2. The normalized spacial score (nSPS) is 10.4. The van der Waals surface area contributed by atoms with E-state index < -0.39 is 0 Å². The number of benzene rings is 3. The zero-order chi connectivity index (χ0) is 20.9. The number of carbonyl (C=O) groups is 2. The van der Waals surface area contributed by atoms with Gasteiger partial charge in [-0.2, -0.15) is 0 Å². The number of para-hydroxylation sites is 3. The van der Waals surface area contributed by atoms with Gasteiger partial charge in [0.1, 0.15) is 5.75 Å². The number of amides is 2. The average molecular weight is 397 g/mol. The van der Waals surface area contributed by atoms with Crippen LogP contribution in [0.1, 0.15) is 20.7 Å². The van der Waals surface area contributed by atoms with Gasteiger partial charge in [-0.3, -0.25) is 14.6 Å². The van der Waals surface area contributed by atoms with Gasteiger partial charge in [-0.1, -0.05) is 30.3 Å². The monoisotopic (exact) mass is 397 g/mol. The molecule has 2 N–H and O–H groups in total. The Morgan fingerprint density at radius 2 is 1.33 bits per heavy atom. The number of nitrogens with zero attached hydrogens (tertiary/aromatic N) is 1. The summed E-state index contributed by atoms with van der Waals surface area (Å²) in [6.45, 7) is 0. The molecule has 4 aromatic rings. The van der Waals surface area contributed by atoms with Crippen LogP contribution in [0.3, 0.4) is 0 Å². The highest BCUT2D eigenvalue weighted by atomic mass is 16.5. The SMILES string of the molecule is COc1ccccc1NC(=O)c1ccc(C(=O)Nc2cccc3cccnc23)cc1. The van der Waals surface area contributed by atoms with E-state index in [2.05, 4.69) is 15.6 Å². The third kappa shape index (κ3) is 3.98. The van der Waals surface area contributed by atoms with Crippen LogP contribution in [-0.2, 0) is 0 Å². The Hall–Kier alpha value is -4.19. The van der Waals surface area contributed by atoms with Gasteiger partial charge in [0.15, 0.2) is 0 Å². The van der Waals surface area contributed by atoms with Crippen LogP contribution in [0.5, 0.6) is 5.75 Å². The van der Waals surface area contributed by atoms with Crippen LogP contribution < -0.4 is 15.4 Å². The second kappa shape index (κ2) is 8.45. The summed E-state index contributed by atoms with van der Waals surface area (Å²) in [7, 11) is 1.55. The smallest absolute Gasteiger partial charge is 0.255 e. The van der Waals surface area contributed by atoms with E-state index >= 15 is 0 Å². The summed E-state index contributed by atoms with van der Waals surface area (Å²) >= 11 is 0. The number of anilines is 2. The van der Waals surface area contributed by atoms with Gasteiger partial charge in [0, 0.05) is 22.7 Å². The third-order valence-electron chi connectivity index (χ3n) is 4.65. The number of hydrogen-bond acceptors (Lipinski definition) is 4. The van der Waals surface area contributed by atoms with E-state index in [1.165, 1.54) is 0 Å². The quantitative estimate of drug-likeness (QED) is 0.509. The number of carbonyl (C=O) groups excluding carboxylic acids is 2. The van der Waals surface area contributed by atoms with Gasteiger partial charge in [-0.15, -0.1) is 0 Å². The molecule has 0 aliphatic carbocycles. The van der Waals surface area contributed by atoms with Crippen LogP contribution in [0, 0.1) is 0 Å². The maximum absolute atomic E-state index is 12.7. The zero-order valence-corrected chi connectivity index (χ0v) is 16.3. The van der Waals surface area contributed by atoms with Crippen LogP contribution in [0.25, 0.3) is 10.9 Å². The van der Waals surface area contributed by atoms with Gasteiger partial charge in [0.05, 0.1) is 24.0 Å². The second-order valence-electron chi connectivity index (χ2n) is 6.57. The van der Waals surface area contributed by atoms with E-state index in [0.717, 1.165) is 10.9 Å². The van der Waals surface area contributed by atoms with Gasteiger partial charge in [0.2, 0.25) is 0 Å². The standard InChI is InChI=1S/C24H19N3O3/c1-30-21-10-3-2-8-19(21)26-23(28)17-11-13-18(14-12-17)24(29)27-20-9-4-6-16-7-5-15-25-22(16)20/h2-15H,1H3,(H,26,28)(H,27,29). The Balaban J connectivity index is 1.49. The molecule has 0 aliphatic rings. The molecular weight excluding hydrogens is 378 g/mol. The van der Waals surface area contributed by atoms with Gasteiger partial charge >= 0.3 is 0 Å². The van der Waals surface area contributed by atoms with E-state index in [1.54, 1.807) is 49.7 Å². The van der Waals surface area contributed by atoms with Gasteiger partial charge < -0.3 is 15.4 Å². The minimum absolute atomic E-state index is 0.273. The topological polar surface area (TPSA) is 80.3 Å². The van der Waals surface area contributed by atoms with Gasteiger partial charge in [0.25, 0.3) is 11.8 Å². The molecule has 0 atom stereocenters. The molecule has 0 saturated carbocycles. The molecule has 1 aromatic heterocycles. The van der Waals surface area contributed by atoms with Crippen molar-refractivity contribution in [1.29, 1.82) is 0 Å². The maximum Gasteiger partial charge on any atom is 0.255 e. The summed E-state index contributed by atoms with van der Waals surface area (Å²) < 4.78 is 5.25. The molecule has 148 valence electrons. The molecule has 30 heavy (non-hydrogen) atoms. The lowest BCUT2D eigenvalue weighted by Crippen LogP contribution is -2.15. The summed E-state index contributed by atoms with van der Waals surface area (Å²) in [5.41, 5.74) is 2.81. The molecule has 3 aromatic carbocycles. The molecule has 6 nitrogen and oxygen atoms in total. The zero-order valence-electron chi connectivity index (χ0n) is 16.3. The molecule has 6 heteroatoms. The van der Waals surface area contributed by atoms with Crippen LogP contribution in [-0.4, -0.2) is 23.9 Å². The first-order valence-corrected chi connectivity index (χ1v) is 9.35. The van der Waals surface area contributed by atoms with Crippen LogP contribution in [0.15, 0.2) is 85.1 Å². The van der Waals surface area contributed by atoms with Crippen molar-refractivity contribution in [1.82, 2.24) is 4.98 Å². The Bertz CT molecular complexity index is 1210. The Morgan fingerprint density at radius 3 is 2.03 bits per heavy atom. The largest absolute Gasteiger partial charge is 0.495 e. The second-order valence-corrected chi connectivity index (χ2v) is 6.57. The van der Waals surface area contributed by atoms with Crippen LogP contribution >= 0.6 is 0 Å². The third-order valence-corrected chi connectivity index (χ3v) is 4.65. The van der Waals surface area contributed by atoms with Crippen molar-refractivity contribution in [3.63, 3.8) is 0 Å². The van der Waals surface area contributed by atoms with E-state index in [4.69, 9.17) is 4.74 Å². The highest BCUT2D eigenvalue weighted by Gasteiger charge is 2.12. The lowest BCUT2D eigenvalue weighted by molar-refractivity contribution is 0.101. The highest BCUT2D eigenvalue weighted by Crippen LogP contribution is 2.24. The van der Waals surface area contributed by atoms with Crippen LogP contribution in [0.2, 0.25) is 0 Å². The summed E-state index contributed by atoms with van der Waals surface area (Å²) in [5, 5.41) is 6.64. The minimum atomic E-state index is -0.287. The number of methoxy groups -OCH3 is 1. The molecule has 0 aliphatic heterocycles. The van der Waals surface area contributed by atoms with Crippen molar-refractivity contribution in [2.24, 2.45) is 0 Å². The number of fused-ring (bicyclic) bond motifs is 1. The van der Waals surface area contributed by atoms with Crippen molar-refractivity contribution < 1.29 is 14.3 Å². The van der Waals surface area contributed by atoms with Crippen LogP contribution in [0.4, 0.5) is 11.4 Å². The van der Waals surface area contributed by atoms with Crippen molar-refractivity contribution in [3.05, 3.63) is 96.2 Å². The van der Waals surface area contributed by atoms with Crippen molar-refractivity contribution >= 4 is 34.1 Å². The summed E-state index contributed by atoms with van der Waals surface area (Å²) in [6.07, 6.45) is 1.69. The fourth-order valence-corrected chi connectivity index (χ4v) is 3.11. The lowest BCUT2D eigenvalue weighted by Gasteiger charge is -2.10. The van der Waals surface area contributed by atoms with Crippen molar-refractivity contribution in [3.8, 4) is 5.75 Å². The van der Waals surface area contributed by atoms with Crippen molar-refractivity contribution in [2.75, 3.05) is 17.7 Å². The number of ether oxygens (including phenoxy) is 1. The molecule has 0 unspecified atom stereocenters. The molecule has 0 saturated heterocycles. The predicted molar refractivity (Wildman–Crippen MR) is 117 cm³/mol. The molecular formula is C24H19N3O3. The molecule has 0 bridgehead atoms. The molecule has 0 radical (unpaired) electrons. The first kappa shape index (κ1) is 19.1. The van der Waals surface area contributed by atoms with E-state index in [0.29, 0.717) is 28.3 Å². The molecule has 2 amide bonds. The number of aromatic nitrogens is 1. The van der Waals surface area contributed by atoms with Gasteiger partial charge in [-0.05, 0) is 48.5 Å². The first-order valence-electron chi connectivity index (χ1n) is 9.35. The number of rotatable bonds is 5. The fourth-order valence-electron chi connectivity index (χ4n) is 3.11. The average Bonchev–Trinajstić information content (AvgIpc) is 2.79. The lowest BCUT2D eigenvalue weighted by atomic mass is 10.1. The maximum atomic E-state index is 12.7. The minimum Gasteiger partial charge on any atom is -0.495 e. The van der Waals surface area contributed by atoms with Gasteiger partial charge in [-0.25, -0.2) is 0 Å². The highest BCUT2D eigenvalue weighted by molar-refractivity contribution is 6.09. The summed E-state index contributed by atoms with van der Waals surface area (Å²) in [4.78, 5) is 29.5. The molecule has 0 fully saturated rings. The molecule has 0 spiro atoms. The first-order chi connectivity index (χ1) is 14.7. The Kier molecular flexibility index (Phi) is 5.39. The number of nitrogens with one attached hydrogen (secondary N) is 2. The van der Waals surface area contributed by atoms with E-state index in [9.17, 15) is 9.59 Å². The Morgan fingerprint density at radius 1 is 0.733 bits per heavy atom. The van der Waals surface area contributed by atoms with Crippen molar-refractivity contribution in [2.45, 2.75) is 0 Å².